The Morgan fingerprint density at radius 3 is 2.11 bits per heavy atom. The molecule has 1 aliphatic carbocycles. The Bertz CT molecular complexity index is 145. The van der Waals surface area contributed by atoms with Crippen LogP contribution in [0.4, 0.5) is 0 Å². The molecule has 0 aromatic heterocycles. The molecule has 9 heavy (non-hydrogen) atoms. The maximum absolute atomic E-state index is 3.25. The highest BCUT2D eigenvalue weighted by Crippen LogP contribution is 2.28. The minimum atomic E-state index is 0.211. The van der Waals surface area contributed by atoms with Gasteiger partial charge in [-0.25, -0.2) is 0 Å². The van der Waals surface area contributed by atoms with Crippen LogP contribution >= 0.6 is 0 Å². The van der Waals surface area contributed by atoms with Gasteiger partial charge in [-0.05, 0) is 33.6 Å². The van der Waals surface area contributed by atoms with E-state index in [1.165, 1.54) is 12.8 Å². The number of rotatable bonds is 0. The summed E-state index contributed by atoms with van der Waals surface area (Å²) >= 11 is 0. The fraction of sp³-hybridized carbons (Fsp3) is 0.778. The van der Waals surface area contributed by atoms with Gasteiger partial charge in [-0.1, -0.05) is 11.8 Å². The van der Waals surface area contributed by atoms with Gasteiger partial charge in [-0.15, -0.1) is 0 Å². The summed E-state index contributed by atoms with van der Waals surface area (Å²) < 4.78 is 0. The number of hydrogen-bond acceptors (Lipinski definition) is 0. The molecule has 0 nitrogen and oxygen atoms in total. The van der Waals surface area contributed by atoms with Gasteiger partial charge in [0.2, 0.25) is 0 Å². The van der Waals surface area contributed by atoms with Gasteiger partial charge < -0.3 is 0 Å². The molecule has 0 heteroatoms. The van der Waals surface area contributed by atoms with Crippen LogP contribution in [0.1, 0.15) is 33.6 Å². The fourth-order valence-corrected chi connectivity index (χ4v) is 0.546. The SMILES string of the molecule is CC(C)(C)C#CC1CC1. The second kappa shape index (κ2) is 2.06. The Hall–Kier alpha value is -0.440. The molecule has 0 radical (unpaired) electrons. The molecule has 1 rings (SSSR count). The first-order chi connectivity index (χ1) is 4.08. The van der Waals surface area contributed by atoms with Crippen LogP contribution in [0.2, 0.25) is 0 Å². The smallest absolute Gasteiger partial charge is 0.0230 e. The topological polar surface area (TPSA) is 0 Å². The highest BCUT2D eigenvalue weighted by atomic mass is 14.2. The lowest BCUT2D eigenvalue weighted by Crippen LogP contribution is -1.99. The van der Waals surface area contributed by atoms with E-state index in [-0.39, 0.29) is 5.41 Å². The van der Waals surface area contributed by atoms with E-state index in [0.29, 0.717) is 0 Å². The van der Waals surface area contributed by atoms with Gasteiger partial charge in [0.15, 0.2) is 0 Å². The Kier molecular flexibility index (Phi) is 1.53. The zero-order valence-corrected chi connectivity index (χ0v) is 6.49. The van der Waals surface area contributed by atoms with Crippen LogP contribution in [0, 0.1) is 23.2 Å². The summed E-state index contributed by atoms with van der Waals surface area (Å²) in [5.41, 5.74) is 0.211. The summed E-state index contributed by atoms with van der Waals surface area (Å²) in [5, 5.41) is 0. The van der Waals surface area contributed by atoms with E-state index in [0.717, 1.165) is 5.92 Å². The van der Waals surface area contributed by atoms with Gasteiger partial charge in [0.1, 0.15) is 0 Å². The van der Waals surface area contributed by atoms with Crippen LogP contribution in [-0.4, -0.2) is 0 Å². The molecule has 0 bridgehead atoms. The molecule has 0 saturated heterocycles. The Morgan fingerprint density at radius 2 is 1.78 bits per heavy atom. The lowest BCUT2D eigenvalue weighted by Gasteiger charge is -2.06. The van der Waals surface area contributed by atoms with Crippen LogP contribution in [0.5, 0.6) is 0 Å². The summed E-state index contributed by atoms with van der Waals surface area (Å²) in [6.45, 7) is 6.47. The minimum absolute atomic E-state index is 0.211. The van der Waals surface area contributed by atoms with E-state index in [1.54, 1.807) is 0 Å². The van der Waals surface area contributed by atoms with E-state index in [9.17, 15) is 0 Å². The molecule has 1 fully saturated rings. The Morgan fingerprint density at radius 1 is 1.22 bits per heavy atom. The quantitative estimate of drug-likeness (QED) is 0.433. The standard InChI is InChI=1S/C9H14/c1-9(2,3)7-6-8-4-5-8/h8H,4-5H2,1-3H3. The average molecular weight is 122 g/mol. The molecule has 50 valence electrons. The molecule has 0 N–H and O–H groups in total. The van der Waals surface area contributed by atoms with E-state index in [1.807, 2.05) is 0 Å². The van der Waals surface area contributed by atoms with Crippen LogP contribution in [0.25, 0.3) is 0 Å². The van der Waals surface area contributed by atoms with Crippen molar-refractivity contribution < 1.29 is 0 Å². The van der Waals surface area contributed by atoms with Crippen molar-refractivity contribution in [3.05, 3.63) is 0 Å². The average Bonchev–Trinajstić information content (AvgIpc) is 2.38. The van der Waals surface area contributed by atoms with Gasteiger partial charge in [0, 0.05) is 11.3 Å². The van der Waals surface area contributed by atoms with Crippen LogP contribution in [0.3, 0.4) is 0 Å². The third-order valence-corrected chi connectivity index (χ3v) is 1.23. The monoisotopic (exact) mass is 122 g/mol. The fourth-order valence-electron chi connectivity index (χ4n) is 0.546. The van der Waals surface area contributed by atoms with E-state index >= 15 is 0 Å². The van der Waals surface area contributed by atoms with Crippen molar-refractivity contribution in [1.82, 2.24) is 0 Å². The van der Waals surface area contributed by atoms with Gasteiger partial charge in [-0.2, -0.15) is 0 Å². The van der Waals surface area contributed by atoms with Crippen molar-refractivity contribution >= 4 is 0 Å². The predicted molar refractivity (Wildman–Crippen MR) is 40.0 cm³/mol. The minimum Gasteiger partial charge on any atom is -0.0994 e. The molecule has 1 aliphatic rings. The van der Waals surface area contributed by atoms with Crippen molar-refractivity contribution in [2.75, 3.05) is 0 Å². The summed E-state index contributed by atoms with van der Waals surface area (Å²) in [7, 11) is 0. The molecule has 0 spiro atoms. The molecule has 0 amide bonds. The van der Waals surface area contributed by atoms with Gasteiger partial charge in [0.25, 0.3) is 0 Å². The van der Waals surface area contributed by atoms with Crippen molar-refractivity contribution in [3.63, 3.8) is 0 Å². The zero-order valence-electron chi connectivity index (χ0n) is 6.49. The Labute approximate surface area is 57.7 Å². The van der Waals surface area contributed by atoms with E-state index in [4.69, 9.17) is 0 Å². The maximum atomic E-state index is 3.25. The van der Waals surface area contributed by atoms with E-state index in [2.05, 4.69) is 32.6 Å². The second-order valence-electron chi connectivity index (χ2n) is 3.79. The number of hydrogen-bond donors (Lipinski definition) is 0. The third kappa shape index (κ3) is 3.19. The van der Waals surface area contributed by atoms with Crippen molar-refractivity contribution in [3.8, 4) is 11.8 Å². The van der Waals surface area contributed by atoms with Gasteiger partial charge >= 0.3 is 0 Å². The second-order valence-corrected chi connectivity index (χ2v) is 3.79. The molecule has 1 saturated carbocycles. The van der Waals surface area contributed by atoms with E-state index < -0.39 is 0 Å². The summed E-state index contributed by atoms with van der Waals surface area (Å²) in [4.78, 5) is 0. The first kappa shape index (κ1) is 6.68. The first-order valence-corrected chi connectivity index (χ1v) is 3.61. The third-order valence-electron chi connectivity index (χ3n) is 1.23. The van der Waals surface area contributed by atoms with Gasteiger partial charge in [-0.3, -0.25) is 0 Å². The highest BCUT2D eigenvalue weighted by Gasteiger charge is 2.18. The van der Waals surface area contributed by atoms with Crippen molar-refractivity contribution in [2.24, 2.45) is 11.3 Å². The summed E-state index contributed by atoms with van der Waals surface area (Å²) in [5.74, 6) is 7.23. The zero-order chi connectivity index (χ0) is 6.91. The predicted octanol–water partition coefficient (Wildman–Crippen LogP) is 2.45. The van der Waals surface area contributed by atoms with Crippen LogP contribution in [-0.2, 0) is 0 Å². The molecule has 0 atom stereocenters. The maximum Gasteiger partial charge on any atom is 0.0230 e. The van der Waals surface area contributed by atoms with Crippen LogP contribution < -0.4 is 0 Å². The summed E-state index contributed by atoms with van der Waals surface area (Å²) in [6.07, 6.45) is 2.67. The van der Waals surface area contributed by atoms with Crippen LogP contribution in [0.15, 0.2) is 0 Å². The molecule has 0 aromatic carbocycles. The lowest BCUT2D eigenvalue weighted by atomic mass is 9.98. The normalized spacial score (nSPS) is 18.6. The molecule has 0 heterocycles. The van der Waals surface area contributed by atoms with Crippen molar-refractivity contribution in [1.29, 1.82) is 0 Å². The molecule has 0 aromatic rings. The first-order valence-electron chi connectivity index (χ1n) is 3.61. The molecule has 0 unspecified atom stereocenters. The van der Waals surface area contributed by atoms with Gasteiger partial charge in [0.05, 0.1) is 0 Å². The highest BCUT2D eigenvalue weighted by molar-refractivity contribution is 5.13. The molecule has 0 aliphatic heterocycles. The largest absolute Gasteiger partial charge is 0.0994 e. The molecular weight excluding hydrogens is 108 g/mol. The molecular formula is C9H14. The lowest BCUT2D eigenvalue weighted by molar-refractivity contribution is 0.570. The van der Waals surface area contributed by atoms with Crippen molar-refractivity contribution in [2.45, 2.75) is 33.6 Å². The summed E-state index contributed by atoms with van der Waals surface area (Å²) in [6, 6.07) is 0. The Balaban J connectivity index is 2.39.